The lowest BCUT2D eigenvalue weighted by atomic mass is 9.95. The van der Waals surface area contributed by atoms with Gasteiger partial charge < -0.3 is 9.13 Å². The second kappa shape index (κ2) is 17.3. The Morgan fingerprint density at radius 1 is 0.264 bits per heavy atom. The highest BCUT2D eigenvalue weighted by atomic mass is 15.1. The van der Waals surface area contributed by atoms with Gasteiger partial charge in [0.05, 0.1) is 33.4 Å². The van der Waals surface area contributed by atoms with Crippen LogP contribution in [0.15, 0.2) is 224 Å². The Kier molecular flexibility index (Phi) is 10.3. The maximum absolute atomic E-state index is 5.42. The SMILES string of the molecule is Cc1ccc(-c2ccc3c(c2)c2cc(-c4ccc(C)cc4C)ccc2n3-c2ccc(-c3ccccc3-n3c4ccccc4c4ccccc43)cc2-c2nc(-c3ccccc3)nc(-c3ccccc3)n2)c(C)c1. The molecule has 0 spiro atoms. The number of aromatic nitrogens is 5. The predicted octanol–water partition coefficient (Wildman–Crippen LogP) is 17.3. The molecule has 0 unspecified atom stereocenters. The van der Waals surface area contributed by atoms with Crippen LogP contribution in [0, 0.1) is 27.7 Å². The van der Waals surface area contributed by atoms with Gasteiger partial charge in [-0.05, 0) is 121 Å². The number of fused-ring (bicyclic) bond motifs is 6. The fourth-order valence-corrected chi connectivity index (χ4v) is 11.0. The van der Waals surface area contributed by atoms with E-state index in [1.807, 2.05) is 36.4 Å². The quantitative estimate of drug-likeness (QED) is 0.153. The molecule has 13 aromatic rings. The van der Waals surface area contributed by atoms with Gasteiger partial charge in [0.1, 0.15) is 0 Å². The highest BCUT2D eigenvalue weighted by molar-refractivity contribution is 6.13. The first kappa shape index (κ1) is 42.9. The summed E-state index contributed by atoms with van der Waals surface area (Å²) in [4.78, 5) is 16.0. The van der Waals surface area contributed by atoms with Crippen molar-refractivity contribution in [1.29, 1.82) is 0 Å². The van der Waals surface area contributed by atoms with E-state index >= 15 is 0 Å². The third-order valence-corrected chi connectivity index (χ3v) is 14.4. The molecule has 0 saturated carbocycles. The highest BCUT2D eigenvalue weighted by Gasteiger charge is 2.23. The molecule has 0 fully saturated rings. The number of para-hydroxylation sites is 3. The average molecular weight is 924 g/mol. The van der Waals surface area contributed by atoms with Gasteiger partial charge in [0, 0.05) is 43.8 Å². The Hall–Kier alpha value is -9.19. The van der Waals surface area contributed by atoms with E-state index in [1.54, 1.807) is 0 Å². The highest BCUT2D eigenvalue weighted by Crippen LogP contribution is 2.43. The molecular formula is C67H49N5. The summed E-state index contributed by atoms with van der Waals surface area (Å²) in [6.45, 7) is 8.74. The zero-order valence-electron chi connectivity index (χ0n) is 40.6. The largest absolute Gasteiger partial charge is 0.309 e. The third-order valence-electron chi connectivity index (χ3n) is 14.4. The van der Waals surface area contributed by atoms with Crippen LogP contribution < -0.4 is 0 Å². The van der Waals surface area contributed by atoms with Crippen LogP contribution in [0.1, 0.15) is 22.3 Å². The molecule has 342 valence electrons. The van der Waals surface area contributed by atoms with Gasteiger partial charge in [-0.1, -0.05) is 181 Å². The average Bonchev–Trinajstić information content (AvgIpc) is 3.93. The van der Waals surface area contributed by atoms with E-state index in [0.29, 0.717) is 17.5 Å². The van der Waals surface area contributed by atoms with E-state index in [0.717, 1.165) is 61.3 Å². The normalized spacial score (nSPS) is 11.6. The van der Waals surface area contributed by atoms with Crippen molar-refractivity contribution < 1.29 is 0 Å². The molecule has 0 aliphatic rings. The number of benzene rings is 10. The van der Waals surface area contributed by atoms with Crippen LogP contribution in [0.3, 0.4) is 0 Å². The van der Waals surface area contributed by atoms with Crippen molar-refractivity contribution in [2.24, 2.45) is 0 Å². The molecule has 0 radical (unpaired) electrons. The van der Waals surface area contributed by atoms with Crippen LogP contribution in [-0.2, 0) is 0 Å². The van der Waals surface area contributed by atoms with Crippen molar-refractivity contribution in [1.82, 2.24) is 24.1 Å². The van der Waals surface area contributed by atoms with Crippen molar-refractivity contribution in [3.05, 3.63) is 247 Å². The zero-order chi connectivity index (χ0) is 48.5. The first-order valence-corrected chi connectivity index (χ1v) is 24.7. The molecule has 13 rings (SSSR count). The molecule has 0 atom stereocenters. The number of hydrogen-bond acceptors (Lipinski definition) is 3. The molecule has 5 heteroatoms. The predicted molar refractivity (Wildman–Crippen MR) is 300 cm³/mol. The van der Waals surface area contributed by atoms with E-state index in [2.05, 4.69) is 225 Å². The summed E-state index contributed by atoms with van der Waals surface area (Å²) >= 11 is 0. The van der Waals surface area contributed by atoms with E-state index in [9.17, 15) is 0 Å². The monoisotopic (exact) mass is 923 g/mol. The van der Waals surface area contributed by atoms with Crippen molar-refractivity contribution in [2.75, 3.05) is 0 Å². The fourth-order valence-electron chi connectivity index (χ4n) is 11.0. The van der Waals surface area contributed by atoms with Crippen LogP contribution in [0.4, 0.5) is 0 Å². The number of hydrogen-bond donors (Lipinski definition) is 0. The lowest BCUT2D eigenvalue weighted by Gasteiger charge is -2.18. The van der Waals surface area contributed by atoms with Gasteiger partial charge in [0.2, 0.25) is 0 Å². The van der Waals surface area contributed by atoms with E-state index in [4.69, 9.17) is 15.0 Å². The summed E-state index contributed by atoms with van der Waals surface area (Å²) in [5.74, 6) is 1.81. The molecule has 0 bridgehead atoms. The summed E-state index contributed by atoms with van der Waals surface area (Å²) in [7, 11) is 0. The Bertz CT molecular complexity index is 4040. The summed E-state index contributed by atoms with van der Waals surface area (Å²) in [5, 5.41) is 4.79. The minimum absolute atomic E-state index is 0.586. The Labute approximate surface area is 419 Å². The summed E-state index contributed by atoms with van der Waals surface area (Å²) in [6, 6.07) is 80.9. The molecule has 0 amide bonds. The number of aryl methyl sites for hydroxylation is 4. The van der Waals surface area contributed by atoms with Crippen LogP contribution in [0.2, 0.25) is 0 Å². The number of nitrogens with zero attached hydrogens (tertiary/aromatic N) is 5. The molecule has 3 aromatic heterocycles. The molecule has 0 aliphatic heterocycles. The van der Waals surface area contributed by atoms with Crippen LogP contribution >= 0.6 is 0 Å². The molecule has 0 aliphatic carbocycles. The second-order valence-corrected chi connectivity index (χ2v) is 19.1. The molecule has 0 N–H and O–H groups in total. The molecule has 10 aromatic carbocycles. The van der Waals surface area contributed by atoms with Gasteiger partial charge in [-0.3, -0.25) is 0 Å². The first-order chi connectivity index (χ1) is 35.3. The smallest absolute Gasteiger partial charge is 0.166 e. The first-order valence-electron chi connectivity index (χ1n) is 24.7. The Morgan fingerprint density at radius 3 is 1.21 bits per heavy atom. The topological polar surface area (TPSA) is 48.5 Å². The minimum atomic E-state index is 0.586. The maximum atomic E-state index is 5.42. The van der Waals surface area contributed by atoms with E-state index < -0.39 is 0 Å². The van der Waals surface area contributed by atoms with Crippen molar-refractivity contribution in [2.45, 2.75) is 27.7 Å². The van der Waals surface area contributed by atoms with Gasteiger partial charge in [-0.15, -0.1) is 0 Å². The van der Waals surface area contributed by atoms with Gasteiger partial charge in [0.15, 0.2) is 17.5 Å². The summed E-state index contributed by atoms with van der Waals surface area (Å²) in [6.07, 6.45) is 0. The lowest BCUT2D eigenvalue weighted by molar-refractivity contribution is 1.06. The van der Waals surface area contributed by atoms with Crippen LogP contribution in [-0.4, -0.2) is 24.1 Å². The van der Waals surface area contributed by atoms with Crippen LogP contribution in [0.25, 0.3) is 123 Å². The molecule has 0 saturated heterocycles. The molecular weight excluding hydrogens is 875 g/mol. The van der Waals surface area contributed by atoms with Gasteiger partial charge in [0.25, 0.3) is 0 Å². The van der Waals surface area contributed by atoms with E-state index in [1.165, 1.54) is 66.1 Å². The molecule has 72 heavy (non-hydrogen) atoms. The summed E-state index contributed by atoms with van der Waals surface area (Å²) < 4.78 is 4.83. The fraction of sp³-hybridized carbons (Fsp3) is 0.0597. The van der Waals surface area contributed by atoms with Gasteiger partial charge in [-0.25, -0.2) is 15.0 Å². The maximum Gasteiger partial charge on any atom is 0.166 e. The standard InChI is InChI=1S/C67H49N5/c1-42-27-32-51(44(3)37-42)48-29-34-62-56(39-48)57-40-49(52-33-28-43(2)38-45(52)4)30-35-63(57)72(62)64-36-31-50(53-21-11-14-24-59(53)71-60-25-15-12-22-54(60)55-23-13-16-26-61(55)71)41-58(64)67-69-65(46-17-7-5-8-18-46)68-66(70-67)47-19-9-6-10-20-47/h5-41H,1-4H3. The number of rotatable bonds is 8. The summed E-state index contributed by atoms with van der Waals surface area (Å²) in [5.41, 5.74) is 21.3. The van der Waals surface area contributed by atoms with Gasteiger partial charge >= 0.3 is 0 Å². The zero-order valence-corrected chi connectivity index (χ0v) is 40.6. The van der Waals surface area contributed by atoms with Crippen molar-refractivity contribution >= 4 is 43.6 Å². The van der Waals surface area contributed by atoms with Crippen molar-refractivity contribution in [3.8, 4) is 78.9 Å². The molecule has 5 nitrogen and oxygen atoms in total. The Morgan fingerprint density at radius 2 is 0.681 bits per heavy atom. The van der Waals surface area contributed by atoms with Crippen molar-refractivity contribution in [3.63, 3.8) is 0 Å². The lowest BCUT2D eigenvalue weighted by Crippen LogP contribution is -2.04. The molecule has 3 heterocycles. The third kappa shape index (κ3) is 7.28. The Balaban J connectivity index is 1.11. The second-order valence-electron chi connectivity index (χ2n) is 19.1. The van der Waals surface area contributed by atoms with E-state index in [-0.39, 0.29) is 0 Å². The minimum Gasteiger partial charge on any atom is -0.309 e. The van der Waals surface area contributed by atoms with Gasteiger partial charge in [-0.2, -0.15) is 0 Å². The van der Waals surface area contributed by atoms with Crippen LogP contribution in [0.5, 0.6) is 0 Å².